The second-order valence-electron chi connectivity index (χ2n) is 10.0. The first-order chi connectivity index (χ1) is 18.9. The molecule has 1 aromatic heterocycles. The van der Waals surface area contributed by atoms with Gasteiger partial charge in [0.1, 0.15) is 0 Å². The molecule has 2 aliphatic rings. The van der Waals surface area contributed by atoms with E-state index < -0.39 is 0 Å². The summed E-state index contributed by atoms with van der Waals surface area (Å²) < 4.78 is 2.40. The summed E-state index contributed by atoms with van der Waals surface area (Å²) >= 11 is 0. The van der Waals surface area contributed by atoms with Gasteiger partial charge in [0, 0.05) is 38.9 Å². The Labute approximate surface area is 221 Å². The van der Waals surface area contributed by atoms with E-state index in [9.17, 15) is 0 Å². The van der Waals surface area contributed by atoms with Gasteiger partial charge < -0.3 is 9.88 Å². The van der Waals surface area contributed by atoms with Crippen molar-refractivity contribution in [2.45, 2.75) is 12.8 Å². The van der Waals surface area contributed by atoms with Crippen LogP contribution in [0.15, 0.2) is 126 Å². The van der Waals surface area contributed by atoms with E-state index in [2.05, 4.69) is 131 Å². The van der Waals surface area contributed by atoms with Crippen molar-refractivity contribution in [3.05, 3.63) is 132 Å². The average molecular weight is 488 g/mol. The number of hydrogen-bond acceptors (Lipinski definition) is 2. The minimum Gasteiger partial charge on any atom is -0.351 e. The molecule has 0 atom stereocenters. The lowest BCUT2D eigenvalue weighted by atomic mass is 9.89. The van der Waals surface area contributed by atoms with Crippen LogP contribution >= 0.6 is 0 Å². The predicted molar refractivity (Wildman–Crippen MR) is 160 cm³/mol. The summed E-state index contributed by atoms with van der Waals surface area (Å²) in [7, 11) is 0. The van der Waals surface area contributed by atoms with Crippen LogP contribution in [0.3, 0.4) is 0 Å². The largest absolute Gasteiger partial charge is 0.351 e. The topological polar surface area (TPSA) is 29.3 Å². The molecule has 8 rings (SSSR count). The number of nitrogens with zero attached hydrogens (tertiary/aromatic N) is 2. The van der Waals surface area contributed by atoms with E-state index in [-0.39, 0.29) is 0 Å². The zero-order valence-electron chi connectivity index (χ0n) is 20.9. The third-order valence-electron chi connectivity index (χ3n) is 7.62. The molecule has 0 spiro atoms. The number of nitrogens with one attached hydrogen (secondary N) is 1. The molecule has 3 nitrogen and oxygen atoms in total. The Kier molecular flexibility index (Phi) is 4.65. The van der Waals surface area contributed by atoms with Crippen LogP contribution in [0.1, 0.15) is 24.0 Å². The summed E-state index contributed by atoms with van der Waals surface area (Å²) in [5.41, 5.74) is 12.8. The first kappa shape index (κ1) is 21.2. The van der Waals surface area contributed by atoms with Crippen LogP contribution in [0.4, 0.5) is 5.69 Å². The smallest absolute Gasteiger partial charge is 0.0942 e. The van der Waals surface area contributed by atoms with Crippen molar-refractivity contribution in [3.8, 4) is 16.8 Å². The van der Waals surface area contributed by atoms with E-state index >= 15 is 0 Å². The Morgan fingerprint density at radius 1 is 0.605 bits per heavy atom. The highest BCUT2D eigenvalue weighted by Gasteiger charge is 2.28. The number of aromatic nitrogens is 1. The van der Waals surface area contributed by atoms with Gasteiger partial charge in [0.25, 0.3) is 0 Å². The Bertz CT molecular complexity index is 1920. The molecule has 1 N–H and O–H groups in total. The van der Waals surface area contributed by atoms with Gasteiger partial charge in [-0.25, -0.2) is 0 Å². The molecule has 0 bridgehead atoms. The van der Waals surface area contributed by atoms with Crippen molar-refractivity contribution in [3.63, 3.8) is 0 Å². The fourth-order valence-corrected chi connectivity index (χ4v) is 5.76. The Morgan fingerprint density at radius 2 is 1.29 bits per heavy atom. The van der Waals surface area contributed by atoms with Crippen molar-refractivity contribution in [2.75, 3.05) is 5.32 Å². The van der Waals surface area contributed by atoms with Crippen molar-refractivity contribution in [2.24, 2.45) is 4.99 Å². The highest BCUT2D eigenvalue weighted by molar-refractivity contribution is 6.20. The molecule has 1 fully saturated rings. The summed E-state index contributed by atoms with van der Waals surface area (Å²) in [4.78, 5) is 5.18. The maximum atomic E-state index is 5.18. The quantitative estimate of drug-likeness (QED) is 0.265. The van der Waals surface area contributed by atoms with Gasteiger partial charge in [0.2, 0.25) is 0 Å². The second kappa shape index (κ2) is 8.32. The molecule has 5 aromatic carbocycles. The first-order valence-electron chi connectivity index (χ1n) is 13.2. The van der Waals surface area contributed by atoms with Crippen molar-refractivity contribution in [1.82, 2.24) is 4.57 Å². The summed E-state index contributed by atoms with van der Waals surface area (Å²) in [5, 5.41) is 6.44. The summed E-state index contributed by atoms with van der Waals surface area (Å²) in [6.07, 6.45) is 2.16. The Hall–Kier alpha value is -4.89. The van der Waals surface area contributed by atoms with Gasteiger partial charge in [0.05, 0.1) is 28.1 Å². The van der Waals surface area contributed by atoms with E-state index in [0.29, 0.717) is 0 Å². The van der Waals surface area contributed by atoms with Gasteiger partial charge in [-0.3, -0.25) is 4.99 Å². The number of aliphatic imine (C=N–C) groups is 1. The number of anilines is 1. The van der Waals surface area contributed by atoms with E-state index in [1.54, 1.807) is 0 Å². The number of fused-ring (bicyclic) bond motifs is 7. The molecular weight excluding hydrogens is 462 g/mol. The van der Waals surface area contributed by atoms with E-state index in [0.717, 1.165) is 41.2 Å². The normalized spacial score (nSPS) is 15.1. The predicted octanol–water partition coefficient (Wildman–Crippen LogP) is 8.94. The lowest BCUT2D eigenvalue weighted by Gasteiger charge is -2.27. The molecule has 6 aromatic rings. The van der Waals surface area contributed by atoms with E-state index in [1.807, 2.05) is 0 Å². The second-order valence-corrected chi connectivity index (χ2v) is 10.0. The Morgan fingerprint density at radius 3 is 2.08 bits per heavy atom. The number of para-hydroxylation sites is 2. The van der Waals surface area contributed by atoms with Gasteiger partial charge in [-0.05, 0) is 36.6 Å². The molecule has 3 heteroatoms. The van der Waals surface area contributed by atoms with Gasteiger partial charge in [-0.1, -0.05) is 103 Å². The molecule has 2 heterocycles. The summed E-state index contributed by atoms with van der Waals surface area (Å²) in [5.74, 6) is 0. The third-order valence-corrected chi connectivity index (χ3v) is 7.62. The highest BCUT2D eigenvalue weighted by atomic mass is 15.0. The van der Waals surface area contributed by atoms with E-state index in [4.69, 9.17) is 4.99 Å². The summed E-state index contributed by atoms with van der Waals surface area (Å²) in [6, 6.07) is 43.2. The van der Waals surface area contributed by atoms with Crippen molar-refractivity contribution >= 4 is 44.6 Å². The van der Waals surface area contributed by atoms with Crippen LogP contribution in [0.5, 0.6) is 0 Å². The van der Waals surface area contributed by atoms with Gasteiger partial charge in [-0.15, -0.1) is 0 Å². The lowest BCUT2D eigenvalue weighted by Crippen LogP contribution is -2.11. The van der Waals surface area contributed by atoms with Crippen LogP contribution in [0, 0.1) is 0 Å². The van der Waals surface area contributed by atoms with Crippen LogP contribution < -0.4 is 5.32 Å². The van der Waals surface area contributed by atoms with Crippen LogP contribution in [0.2, 0.25) is 0 Å². The number of rotatable bonds is 3. The summed E-state index contributed by atoms with van der Waals surface area (Å²) in [6.45, 7) is 0. The molecule has 38 heavy (non-hydrogen) atoms. The molecular formula is C35H25N3. The highest BCUT2D eigenvalue weighted by Crippen LogP contribution is 2.48. The fraction of sp³-hybridized carbons (Fsp3) is 0.0571. The van der Waals surface area contributed by atoms with Crippen LogP contribution in [-0.2, 0) is 0 Å². The number of hydrogen-bond donors (Lipinski definition) is 1. The molecule has 1 aliphatic carbocycles. The third kappa shape index (κ3) is 3.25. The fourth-order valence-electron chi connectivity index (χ4n) is 5.76. The minimum absolute atomic E-state index is 1.01. The van der Waals surface area contributed by atoms with Crippen molar-refractivity contribution in [1.29, 1.82) is 0 Å². The maximum Gasteiger partial charge on any atom is 0.0942 e. The van der Waals surface area contributed by atoms with E-state index in [1.165, 1.54) is 44.2 Å². The Balaban J connectivity index is 1.50. The van der Waals surface area contributed by atoms with Gasteiger partial charge in [0.15, 0.2) is 0 Å². The molecule has 0 amide bonds. The zero-order chi connectivity index (χ0) is 25.1. The van der Waals surface area contributed by atoms with Gasteiger partial charge in [-0.2, -0.15) is 0 Å². The molecule has 180 valence electrons. The molecule has 1 saturated carbocycles. The molecule has 0 saturated heterocycles. The average Bonchev–Trinajstić information content (AvgIpc) is 3.75. The van der Waals surface area contributed by atoms with Crippen LogP contribution in [0.25, 0.3) is 50.0 Å². The van der Waals surface area contributed by atoms with Gasteiger partial charge >= 0.3 is 0 Å². The first-order valence-corrected chi connectivity index (χ1v) is 13.2. The van der Waals surface area contributed by atoms with Crippen molar-refractivity contribution < 1.29 is 0 Å². The van der Waals surface area contributed by atoms with Crippen LogP contribution in [-0.4, -0.2) is 10.3 Å². The molecule has 0 unspecified atom stereocenters. The molecule has 1 aliphatic heterocycles. The molecule has 0 radical (unpaired) electrons. The standard InChI is InChI=1S/C35H25N3/c1-3-11-23(12-4-1)32(36-24-19-20-24)33-28-17-8-7-15-26(28)29-21-22-30-27-16-9-10-18-31(27)38(35(30)34(29)37-33)25-13-5-2-6-14-25/h1-18,21-22,37H,19-20H2/b33-32-. The maximum absolute atomic E-state index is 5.18. The number of benzene rings is 5. The monoisotopic (exact) mass is 487 g/mol. The minimum atomic E-state index is 1.01. The lowest BCUT2D eigenvalue weighted by molar-refractivity contribution is 1.18. The zero-order valence-corrected chi connectivity index (χ0v) is 20.9. The SMILES string of the molecule is c1ccc(/C(N=C2CC2)=C2/Nc3c(ccc4c5ccccc5n(-c5ccccc5)c34)-c3ccccc32)cc1.